The Bertz CT molecular complexity index is 156. The van der Waals surface area contributed by atoms with Gasteiger partial charge in [0.1, 0.15) is 0 Å². The molecule has 0 aromatic heterocycles. The van der Waals surface area contributed by atoms with Crippen LogP contribution in [0.2, 0.25) is 0 Å². The fourth-order valence-electron chi connectivity index (χ4n) is 2.81. The Balaban J connectivity index is 1.90. The molecule has 2 atom stereocenters. The molecule has 1 nitrogen and oxygen atoms in total. The molecule has 2 unspecified atom stereocenters. The van der Waals surface area contributed by atoms with E-state index in [4.69, 9.17) is 0 Å². The third kappa shape index (κ3) is 5.89. The third-order valence-corrected chi connectivity index (χ3v) is 4.05. The van der Waals surface area contributed by atoms with E-state index in [1.54, 1.807) is 0 Å². The van der Waals surface area contributed by atoms with Gasteiger partial charge in [0.2, 0.25) is 0 Å². The predicted molar refractivity (Wildman–Crippen MR) is 72.8 cm³/mol. The van der Waals surface area contributed by atoms with Gasteiger partial charge in [0.25, 0.3) is 0 Å². The molecule has 1 aliphatic rings. The molecule has 1 fully saturated rings. The monoisotopic (exact) mass is 225 g/mol. The first-order chi connectivity index (χ1) is 7.84. The minimum atomic E-state index is 0.824. The van der Waals surface area contributed by atoms with Crippen molar-refractivity contribution in [2.75, 3.05) is 6.54 Å². The smallest absolute Gasteiger partial charge is 0.00926 e. The molecule has 0 bridgehead atoms. The summed E-state index contributed by atoms with van der Waals surface area (Å²) in [6, 6.07) is 0.824. The van der Waals surface area contributed by atoms with Gasteiger partial charge in [0.15, 0.2) is 0 Å². The second-order valence-corrected chi connectivity index (χ2v) is 5.59. The summed E-state index contributed by atoms with van der Waals surface area (Å²) >= 11 is 0. The van der Waals surface area contributed by atoms with Crippen molar-refractivity contribution < 1.29 is 0 Å². The van der Waals surface area contributed by atoms with Crippen molar-refractivity contribution in [2.24, 2.45) is 5.92 Å². The molecule has 0 amide bonds. The van der Waals surface area contributed by atoms with E-state index < -0.39 is 0 Å². The first-order valence-electron chi connectivity index (χ1n) is 7.58. The zero-order valence-electron chi connectivity index (χ0n) is 11.4. The van der Waals surface area contributed by atoms with Crippen LogP contribution >= 0.6 is 0 Å². The van der Waals surface area contributed by atoms with Gasteiger partial charge in [-0.2, -0.15) is 0 Å². The van der Waals surface area contributed by atoms with Crippen molar-refractivity contribution >= 4 is 0 Å². The molecule has 0 heterocycles. The van der Waals surface area contributed by atoms with E-state index in [-0.39, 0.29) is 0 Å². The highest BCUT2D eigenvalue weighted by molar-refractivity contribution is 4.77. The van der Waals surface area contributed by atoms with E-state index >= 15 is 0 Å². The number of rotatable bonds is 8. The van der Waals surface area contributed by atoms with Gasteiger partial charge in [-0.15, -0.1) is 0 Å². The van der Waals surface area contributed by atoms with E-state index in [1.165, 1.54) is 70.8 Å². The highest BCUT2D eigenvalue weighted by Gasteiger charge is 2.19. The fourth-order valence-corrected chi connectivity index (χ4v) is 2.81. The van der Waals surface area contributed by atoms with E-state index in [1.807, 2.05) is 0 Å². The number of hydrogen-bond acceptors (Lipinski definition) is 1. The van der Waals surface area contributed by atoms with Gasteiger partial charge in [0.05, 0.1) is 0 Å². The Morgan fingerprint density at radius 3 is 2.38 bits per heavy atom. The normalized spacial score (nSPS) is 25.9. The molecule has 1 N–H and O–H groups in total. The van der Waals surface area contributed by atoms with Crippen molar-refractivity contribution in [3.8, 4) is 0 Å². The van der Waals surface area contributed by atoms with Crippen molar-refractivity contribution in [1.82, 2.24) is 5.32 Å². The van der Waals surface area contributed by atoms with Crippen LogP contribution in [0.3, 0.4) is 0 Å². The van der Waals surface area contributed by atoms with Crippen LogP contribution in [0.5, 0.6) is 0 Å². The molecule has 1 rings (SSSR count). The van der Waals surface area contributed by atoms with Crippen LogP contribution in [0, 0.1) is 5.92 Å². The summed E-state index contributed by atoms with van der Waals surface area (Å²) in [7, 11) is 0. The third-order valence-electron chi connectivity index (χ3n) is 4.05. The average Bonchev–Trinajstić information content (AvgIpc) is 2.30. The summed E-state index contributed by atoms with van der Waals surface area (Å²) in [6.45, 7) is 5.95. The quantitative estimate of drug-likeness (QED) is 0.599. The number of hydrogen-bond donors (Lipinski definition) is 1. The van der Waals surface area contributed by atoms with Gasteiger partial charge in [-0.1, -0.05) is 58.8 Å². The number of nitrogens with one attached hydrogen (secondary N) is 1. The number of unbranched alkanes of at least 4 members (excludes halogenated alkanes) is 5. The fraction of sp³-hybridized carbons (Fsp3) is 1.00. The Morgan fingerprint density at radius 2 is 1.62 bits per heavy atom. The van der Waals surface area contributed by atoms with Crippen LogP contribution in [0.1, 0.15) is 78.1 Å². The van der Waals surface area contributed by atoms with Gasteiger partial charge >= 0.3 is 0 Å². The highest BCUT2D eigenvalue weighted by atomic mass is 14.9. The summed E-state index contributed by atoms with van der Waals surface area (Å²) in [6.07, 6.45) is 14.2. The van der Waals surface area contributed by atoms with E-state index in [9.17, 15) is 0 Å². The first-order valence-corrected chi connectivity index (χ1v) is 7.58. The van der Waals surface area contributed by atoms with Crippen molar-refractivity contribution in [2.45, 2.75) is 84.1 Å². The summed E-state index contributed by atoms with van der Waals surface area (Å²) in [4.78, 5) is 0. The molecule has 16 heavy (non-hydrogen) atoms. The predicted octanol–water partition coefficient (Wildman–Crippen LogP) is 4.52. The average molecular weight is 225 g/mol. The standard InChI is InChI=1S/C15H31N/c1-3-4-5-6-7-10-13-16-15-12-9-8-11-14(15)2/h14-16H,3-13H2,1-2H3. The molecule has 0 saturated heterocycles. The molecule has 1 heteroatoms. The summed E-state index contributed by atoms with van der Waals surface area (Å²) in [5, 5.41) is 3.76. The Labute approximate surface area is 102 Å². The van der Waals surface area contributed by atoms with Crippen LogP contribution in [-0.2, 0) is 0 Å². The van der Waals surface area contributed by atoms with Crippen molar-refractivity contribution in [3.63, 3.8) is 0 Å². The van der Waals surface area contributed by atoms with Crippen LogP contribution in [0.4, 0.5) is 0 Å². The molecule has 0 radical (unpaired) electrons. The van der Waals surface area contributed by atoms with Gasteiger partial charge in [0, 0.05) is 6.04 Å². The zero-order chi connectivity index (χ0) is 11.6. The maximum atomic E-state index is 3.76. The SMILES string of the molecule is CCCCCCCCNC1CCCCC1C. The zero-order valence-corrected chi connectivity index (χ0v) is 11.4. The second kappa shape index (κ2) is 9.04. The summed E-state index contributed by atoms with van der Waals surface area (Å²) in [5.41, 5.74) is 0. The molecule has 0 aromatic rings. The molecule has 96 valence electrons. The van der Waals surface area contributed by atoms with Crippen LogP contribution in [0.15, 0.2) is 0 Å². The highest BCUT2D eigenvalue weighted by Crippen LogP contribution is 2.23. The van der Waals surface area contributed by atoms with Gasteiger partial charge in [-0.25, -0.2) is 0 Å². The Kier molecular flexibility index (Phi) is 7.92. The van der Waals surface area contributed by atoms with E-state index in [0.717, 1.165) is 12.0 Å². The lowest BCUT2D eigenvalue weighted by Gasteiger charge is -2.29. The molecular formula is C15H31N. The van der Waals surface area contributed by atoms with Gasteiger partial charge in [-0.05, 0) is 31.7 Å². The maximum absolute atomic E-state index is 3.76. The molecule has 1 aliphatic carbocycles. The van der Waals surface area contributed by atoms with E-state index in [2.05, 4.69) is 19.2 Å². The molecular weight excluding hydrogens is 194 g/mol. The minimum Gasteiger partial charge on any atom is -0.314 e. The molecule has 0 aromatic carbocycles. The molecule has 0 spiro atoms. The van der Waals surface area contributed by atoms with Crippen molar-refractivity contribution in [1.29, 1.82) is 0 Å². The van der Waals surface area contributed by atoms with Gasteiger partial charge in [-0.3, -0.25) is 0 Å². The Morgan fingerprint density at radius 1 is 0.938 bits per heavy atom. The molecule has 0 aliphatic heterocycles. The largest absolute Gasteiger partial charge is 0.314 e. The lowest BCUT2D eigenvalue weighted by molar-refractivity contribution is 0.279. The molecule has 1 saturated carbocycles. The maximum Gasteiger partial charge on any atom is 0.00926 e. The summed E-state index contributed by atoms with van der Waals surface area (Å²) in [5.74, 6) is 0.911. The lowest BCUT2D eigenvalue weighted by Crippen LogP contribution is -2.37. The van der Waals surface area contributed by atoms with Gasteiger partial charge < -0.3 is 5.32 Å². The minimum absolute atomic E-state index is 0.824. The lowest BCUT2D eigenvalue weighted by atomic mass is 9.86. The summed E-state index contributed by atoms with van der Waals surface area (Å²) < 4.78 is 0. The Hall–Kier alpha value is -0.0400. The topological polar surface area (TPSA) is 12.0 Å². The van der Waals surface area contributed by atoms with Crippen LogP contribution in [0.25, 0.3) is 0 Å². The first kappa shape index (κ1) is 14.0. The van der Waals surface area contributed by atoms with Crippen LogP contribution in [-0.4, -0.2) is 12.6 Å². The van der Waals surface area contributed by atoms with E-state index in [0.29, 0.717) is 0 Å². The second-order valence-electron chi connectivity index (χ2n) is 5.59. The van der Waals surface area contributed by atoms with Crippen molar-refractivity contribution in [3.05, 3.63) is 0 Å². The van der Waals surface area contributed by atoms with Crippen LogP contribution < -0.4 is 5.32 Å².